The molecule has 0 bridgehead atoms. The van der Waals surface area contributed by atoms with Crippen LogP contribution in [-0.2, 0) is 0 Å². The number of aliphatic hydroxyl groups excluding tert-OH is 1. The summed E-state index contributed by atoms with van der Waals surface area (Å²) < 4.78 is 1.21. The van der Waals surface area contributed by atoms with Gasteiger partial charge in [0.2, 0.25) is 5.95 Å². The van der Waals surface area contributed by atoms with Gasteiger partial charge in [0.25, 0.3) is 5.56 Å². The van der Waals surface area contributed by atoms with Gasteiger partial charge in [0.1, 0.15) is 6.29 Å². The molecule has 1 aromatic carbocycles. The van der Waals surface area contributed by atoms with Gasteiger partial charge in [0, 0.05) is 11.8 Å². The minimum atomic E-state index is -0.913. The number of hydrogen-bond acceptors (Lipinski definition) is 5. The number of anilines is 1. The molecule has 6 nitrogen and oxygen atoms in total. The number of hydrogen-bond donors (Lipinski definition) is 2. The van der Waals surface area contributed by atoms with E-state index in [4.69, 9.17) is 0 Å². The summed E-state index contributed by atoms with van der Waals surface area (Å²) in [5, 5.41) is 12.6. The van der Waals surface area contributed by atoms with Crippen LogP contribution in [0.3, 0.4) is 0 Å². The fraction of sp³-hybridized carbons (Fsp3) is 0.154. The molecule has 0 saturated carbocycles. The highest BCUT2D eigenvalue weighted by atomic mass is 16.3. The Balaban J connectivity index is 2.19. The van der Waals surface area contributed by atoms with Crippen LogP contribution < -0.4 is 10.9 Å². The number of aldehydes is 1. The lowest BCUT2D eigenvalue weighted by Gasteiger charge is -2.08. The Bertz CT molecular complexity index is 709. The van der Waals surface area contributed by atoms with E-state index in [1.165, 1.54) is 10.8 Å². The first-order chi connectivity index (χ1) is 9.20. The Labute approximate surface area is 108 Å². The number of nitrogens with zero attached hydrogens (tertiary/aromatic N) is 2. The van der Waals surface area contributed by atoms with E-state index < -0.39 is 6.23 Å². The molecule has 6 heteroatoms. The number of nitrogens with one attached hydrogen (secondary N) is 1. The van der Waals surface area contributed by atoms with Gasteiger partial charge in [-0.3, -0.25) is 9.59 Å². The summed E-state index contributed by atoms with van der Waals surface area (Å²) in [7, 11) is 0. The minimum absolute atomic E-state index is 0.264. The van der Waals surface area contributed by atoms with Crippen molar-refractivity contribution >= 4 is 12.2 Å². The average molecular weight is 257 g/mol. The molecule has 0 aliphatic carbocycles. The molecular formula is C13H11N3O3. The Morgan fingerprint density at radius 3 is 3.11 bits per heavy atom. The molecular weight excluding hydrogens is 246 g/mol. The predicted molar refractivity (Wildman–Crippen MR) is 69.1 cm³/mol. The zero-order valence-electron chi connectivity index (χ0n) is 9.91. The molecule has 0 fully saturated rings. The van der Waals surface area contributed by atoms with Crippen molar-refractivity contribution in [3.8, 4) is 11.1 Å². The number of rotatable bonds is 2. The summed E-state index contributed by atoms with van der Waals surface area (Å²) in [5.41, 5.74) is 1.12. The number of carbonyl (C=O) groups is 1. The number of aliphatic hydroxyl groups is 1. The summed E-state index contributed by atoms with van der Waals surface area (Å²) >= 11 is 0. The second-order valence-corrected chi connectivity index (χ2v) is 4.28. The zero-order chi connectivity index (χ0) is 13.4. The van der Waals surface area contributed by atoms with Gasteiger partial charge < -0.3 is 10.4 Å². The van der Waals surface area contributed by atoms with Crippen LogP contribution in [0.1, 0.15) is 16.6 Å². The van der Waals surface area contributed by atoms with E-state index >= 15 is 0 Å². The molecule has 0 saturated heterocycles. The van der Waals surface area contributed by atoms with E-state index in [1.54, 1.807) is 24.3 Å². The largest absolute Gasteiger partial charge is 0.371 e. The molecule has 3 rings (SSSR count). The van der Waals surface area contributed by atoms with E-state index in [0.717, 1.165) is 6.29 Å². The molecule has 2 aromatic rings. The van der Waals surface area contributed by atoms with Crippen molar-refractivity contribution in [3.05, 3.63) is 46.4 Å². The first-order valence-corrected chi connectivity index (χ1v) is 5.80. The molecule has 19 heavy (non-hydrogen) atoms. The van der Waals surface area contributed by atoms with Gasteiger partial charge in [0.15, 0.2) is 6.23 Å². The fourth-order valence-corrected chi connectivity index (χ4v) is 2.13. The molecule has 0 spiro atoms. The van der Waals surface area contributed by atoms with Crippen LogP contribution in [-0.4, -0.2) is 27.5 Å². The van der Waals surface area contributed by atoms with E-state index in [2.05, 4.69) is 10.3 Å². The number of aromatic nitrogens is 2. The van der Waals surface area contributed by atoms with Gasteiger partial charge in [-0.05, 0) is 11.6 Å². The quantitative estimate of drug-likeness (QED) is 0.771. The zero-order valence-corrected chi connectivity index (χ0v) is 9.91. The molecule has 0 radical (unpaired) electrons. The Hall–Kier alpha value is -2.47. The van der Waals surface area contributed by atoms with Crippen LogP contribution in [0, 0.1) is 0 Å². The van der Waals surface area contributed by atoms with Crippen molar-refractivity contribution in [1.29, 1.82) is 0 Å². The van der Waals surface area contributed by atoms with Gasteiger partial charge in [-0.2, -0.15) is 0 Å². The molecule has 2 N–H and O–H groups in total. The fourth-order valence-electron chi connectivity index (χ4n) is 2.13. The van der Waals surface area contributed by atoms with E-state index in [0.29, 0.717) is 22.6 Å². The maximum Gasteiger partial charge on any atom is 0.264 e. The summed E-state index contributed by atoms with van der Waals surface area (Å²) in [4.78, 5) is 27.2. The standard InChI is InChI=1S/C13H11N3O3/c17-7-8-2-1-3-9(4-8)10-5-14-13-15-6-11(18)16(13)12(10)19/h1-5,7,11,18H,6H2,(H,14,15). The van der Waals surface area contributed by atoms with Gasteiger partial charge >= 0.3 is 0 Å². The molecule has 96 valence electrons. The lowest BCUT2D eigenvalue weighted by Crippen LogP contribution is -2.24. The number of fused-ring (bicyclic) bond motifs is 1. The number of benzene rings is 1. The van der Waals surface area contributed by atoms with Gasteiger partial charge in [0.05, 0.1) is 12.1 Å². The van der Waals surface area contributed by atoms with Crippen LogP contribution in [0.2, 0.25) is 0 Å². The number of carbonyl (C=O) groups excluding carboxylic acids is 1. The van der Waals surface area contributed by atoms with Gasteiger partial charge in [-0.1, -0.05) is 18.2 Å². The lowest BCUT2D eigenvalue weighted by atomic mass is 10.1. The third-order valence-corrected chi connectivity index (χ3v) is 3.07. The summed E-state index contributed by atoms with van der Waals surface area (Å²) in [6.07, 6.45) is 1.26. The third kappa shape index (κ3) is 1.82. The molecule has 0 amide bonds. The Morgan fingerprint density at radius 2 is 2.32 bits per heavy atom. The van der Waals surface area contributed by atoms with Crippen LogP contribution in [0.5, 0.6) is 0 Å². The SMILES string of the molecule is O=Cc1cccc(-c2cnc3n(c2=O)C(O)CN3)c1. The second kappa shape index (κ2) is 4.33. The van der Waals surface area contributed by atoms with Gasteiger partial charge in [-0.15, -0.1) is 0 Å². The monoisotopic (exact) mass is 257 g/mol. The summed E-state index contributed by atoms with van der Waals surface area (Å²) in [5.74, 6) is 0.354. The highest BCUT2D eigenvalue weighted by molar-refractivity contribution is 5.78. The maximum absolute atomic E-state index is 12.3. The molecule has 1 aliphatic rings. The summed E-state index contributed by atoms with van der Waals surface area (Å²) in [6, 6.07) is 6.71. The highest BCUT2D eigenvalue weighted by Gasteiger charge is 2.23. The van der Waals surface area contributed by atoms with Crippen molar-refractivity contribution in [2.75, 3.05) is 11.9 Å². The smallest absolute Gasteiger partial charge is 0.264 e. The maximum atomic E-state index is 12.3. The molecule has 2 heterocycles. The van der Waals surface area contributed by atoms with Crippen molar-refractivity contribution in [2.45, 2.75) is 6.23 Å². The first kappa shape index (κ1) is 11.6. The van der Waals surface area contributed by atoms with Crippen molar-refractivity contribution in [2.24, 2.45) is 0 Å². The number of β-amino-alcohol motifs (C(OH)–C–C–N with tert-alkyl or cyclic N) is 1. The molecule has 1 aromatic heterocycles. The van der Waals surface area contributed by atoms with E-state index in [-0.39, 0.29) is 12.1 Å². The van der Waals surface area contributed by atoms with Crippen molar-refractivity contribution < 1.29 is 9.90 Å². The molecule has 1 aliphatic heterocycles. The van der Waals surface area contributed by atoms with E-state index in [9.17, 15) is 14.7 Å². The first-order valence-electron chi connectivity index (χ1n) is 5.80. The predicted octanol–water partition coefficient (Wildman–Crippen LogP) is 0.639. The lowest BCUT2D eigenvalue weighted by molar-refractivity contribution is 0.112. The Kier molecular flexibility index (Phi) is 2.64. The topological polar surface area (TPSA) is 84.2 Å². The normalized spacial score (nSPS) is 16.8. The van der Waals surface area contributed by atoms with Crippen molar-refractivity contribution in [1.82, 2.24) is 9.55 Å². The molecule has 1 unspecified atom stereocenters. The van der Waals surface area contributed by atoms with Gasteiger partial charge in [-0.25, -0.2) is 9.55 Å². The van der Waals surface area contributed by atoms with E-state index in [1.807, 2.05) is 0 Å². The highest BCUT2D eigenvalue weighted by Crippen LogP contribution is 2.21. The van der Waals surface area contributed by atoms with Crippen LogP contribution in [0.25, 0.3) is 11.1 Å². The van der Waals surface area contributed by atoms with Crippen molar-refractivity contribution in [3.63, 3.8) is 0 Å². The average Bonchev–Trinajstić information content (AvgIpc) is 2.82. The second-order valence-electron chi connectivity index (χ2n) is 4.28. The Morgan fingerprint density at radius 1 is 1.47 bits per heavy atom. The third-order valence-electron chi connectivity index (χ3n) is 3.07. The molecule has 1 atom stereocenters. The van der Waals surface area contributed by atoms with Crippen LogP contribution in [0.15, 0.2) is 35.3 Å². The minimum Gasteiger partial charge on any atom is -0.371 e. The van der Waals surface area contributed by atoms with Crippen LogP contribution in [0.4, 0.5) is 5.95 Å². The van der Waals surface area contributed by atoms with Crippen LogP contribution >= 0.6 is 0 Å². The summed E-state index contributed by atoms with van der Waals surface area (Å²) in [6.45, 7) is 0.264.